The lowest BCUT2D eigenvalue weighted by atomic mass is 10.2. The molecule has 7 nitrogen and oxygen atoms in total. The van der Waals surface area contributed by atoms with Gasteiger partial charge in [-0.05, 0) is 124 Å². The van der Waals surface area contributed by atoms with E-state index in [4.69, 9.17) is 37.1 Å². The highest BCUT2D eigenvalue weighted by atomic mass is 79.9. The Morgan fingerprint density at radius 2 is 1.60 bits per heavy atom. The monoisotopic (exact) mass is 743 g/mol. The number of aryl methyl sites for hydroxylation is 2. The number of hydrogen-bond acceptors (Lipinski definition) is 5. The number of halogens is 4. The van der Waals surface area contributed by atoms with Crippen molar-refractivity contribution in [1.82, 2.24) is 9.99 Å². The van der Waals surface area contributed by atoms with Crippen LogP contribution < -0.4 is 14.9 Å². The van der Waals surface area contributed by atoms with Crippen LogP contribution in [-0.4, -0.2) is 16.7 Å². The number of hydrogen-bond donors (Lipinski definition) is 1. The van der Waals surface area contributed by atoms with Gasteiger partial charge in [0.1, 0.15) is 30.5 Å². The molecule has 3 aromatic carbocycles. The number of nitrogens with one attached hydrogen (secondary N) is 1. The summed E-state index contributed by atoms with van der Waals surface area (Å²) in [6.07, 6.45) is 1.51. The van der Waals surface area contributed by atoms with Crippen LogP contribution in [0.4, 0.5) is 0 Å². The molecule has 0 aliphatic heterocycles. The van der Waals surface area contributed by atoms with Gasteiger partial charge in [0.25, 0.3) is 0 Å². The summed E-state index contributed by atoms with van der Waals surface area (Å²) in [7, 11) is 0. The number of rotatable bonds is 10. The molecule has 2 heterocycles. The van der Waals surface area contributed by atoms with Crippen LogP contribution in [0.25, 0.3) is 5.69 Å². The fourth-order valence-corrected chi connectivity index (χ4v) is 6.21. The average Bonchev–Trinajstić information content (AvgIpc) is 3.59. The van der Waals surface area contributed by atoms with Crippen molar-refractivity contribution in [3.8, 4) is 17.2 Å². The molecule has 0 bridgehead atoms. The fourth-order valence-electron chi connectivity index (χ4n) is 4.30. The van der Waals surface area contributed by atoms with Crippen molar-refractivity contribution in [2.24, 2.45) is 5.10 Å². The van der Waals surface area contributed by atoms with E-state index in [0.29, 0.717) is 36.2 Å². The summed E-state index contributed by atoms with van der Waals surface area (Å²) in [5, 5.41) is 5.14. The molecule has 43 heavy (non-hydrogen) atoms. The summed E-state index contributed by atoms with van der Waals surface area (Å²) >= 11 is 19.3. The molecule has 0 saturated carbocycles. The first-order valence-electron chi connectivity index (χ1n) is 13.0. The zero-order chi connectivity index (χ0) is 30.5. The van der Waals surface area contributed by atoms with E-state index >= 15 is 0 Å². The lowest BCUT2D eigenvalue weighted by Gasteiger charge is -2.12. The number of furan rings is 1. The van der Waals surface area contributed by atoms with Crippen molar-refractivity contribution >= 4 is 67.2 Å². The maximum atomic E-state index is 12.6. The first-order valence-corrected chi connectivity index (χ1v) is 15.4. The number of carbonyl (C=O) groups excluding carboxylic acids is 1. The fraction of sp³-hybridized carbons (Fsp3) is 0.125. The number of benzene rings is 3. The summed E-state index contributed by atoms with van der Waals surface area (Å²) in [5.74, 6) is 1.44. The largest absolute Gasteiger partial charge is 0.486 e. The van der Waals surface area contributed by atoms with E-state index in [9.17, 15) is 4.79 Å². The number of hydrazone groups is 1. The maximum absolute atomic E-state index is 12.6. The van der Waals surface area contributed by atoms with Gasteiger partial charge in [0.15, 0.2) is 5.76 Å². The van der Waals surface area contributed by atoms with E-state index in [1.807, 2.05) is 42.5 Å². The highest BCUT2D eigenvalue weighted by molar-refractivity contribution is 9.11. The van der Waals surface area contributed by atoms with Gasteiger partial charge in [-0.3, -0.25) is 4.79 Å². The molecule has 0 aliphatic rings. The predicted molar refractivity (Wildman–Crippen MR) is 176 cm³/mol. The molecule has 0 atom stereocenters. The van der Waals surface area contributed by atoms with Crippen LogP contribution in [0, 0.1) is 13.8 Å². The Kier molecular flexibility index (Phi) is 9.97. The Labute approximate surface area is 275 Å². The molecule has 11 heteroatoms. The van der Waals surface area contributed by atoms with Crippen molar-refractivity contribution in [2.75, 3.05) is 0 Å². The molecule has 220 valence electrons. The van der Waals surface area contributed by atoms with Gasteiger partial charge in [-0.25, -0.2) is 5.43 Å². The Balaban J connectivity index is 1.13. The minimum atomic E-state index is -0.484. The predicted octanol–water partition coefficient (Wildman–Crippen LogP) is 9.44. The zero-order valence-corrected chi connectivity index (χ0v) is 27.7. The number of aromatic nitrogens is 1. The van der Waals surface area contributed by atoms with Crippen LogP contribution in [0.1, 0.15) is 38.8 Å². The van der Waals surface area contributed by atoms with E-state index in [2.05, 4.69) is 72.9 Å². The average molecular weight is 746 g/mol. The van der Waals surface area contributed by atoms with E-state index in [0.717, 1.165) is 28.2 Å². The van der Waals surface area contributed by atoms with Crippen molar-refractivity contribution in [2.45, 2.75) is 27.1 Å². The molecular formula is C32H25Br2Cl2N3O4. The summed E-state index contributed by atoms with van der Waals surface area (Å²) < 4.78 is 21.0. The minimum Gasteiger partial charge on any atom is -0.486 e. The number of ether oxygens (including phenoxy) is 2. The topological polar surface area (TPSA) is 78.0 Å². The van der Waals surface area contributed by atoms with Gasteiger partial charge in [0.2, 0.25) is 0 Å². The van der Waals surface area contributed by atoms with Crippen molar-refractivity contribution < 1.29 is 18.7 Å². The number of carbonyl (C=O) groups is 1. The summed E-state index contributed by atoms with van der Waals surface area (Å²) in [4.78, 5) is 12.6. The van der Waals surface area contributed by atoms with Crippen LogP contribution in [0.15, 0.2) is 97.3 Å². The second-order valence-electron chi connectivity index (χ2n) is 9.54. The molecule has 0 saturated heterocycles. The smallest absolute Gasteiger partial charge is 0.307 e. The third-order valence-electron chi connectivity index (χ3n) is 6.42. The second kappa shape index (κ2) is 13.9. The van der Waals surface area contributed by atoms with Crippen molar-refractivity contribution in [3.63, 3.8) is 0 Å². The van der Waals surface area contributed by atoms with E-state index in [1.165, 1.54) is 6.21 Å². The maximum Gasteiger partial charge on any atom is 0.307 e. The Hall–Kier alpha value is -3.50. The van der Waals surface area contributed by atoms with E-state index in [1.54, 1.807) is 24.3 Å². The quantitative estimate of drug-likeness (QED) is 0.114. The Bertz CT molecular complexity index is 1760. The molecule has 0 spiro atoms. The number of amides is 1. The third-order valence-corrected chi connectivity index (χ3v) is 8.19. The highest BCUT2D eigenvalue weighted by Crippen LogP contribution is 2.35. The first kappa shape index (κ1) is 30.9. The van der Waals surface area contributed by atoms with Gasteiger partial charge in [0.05, 0.1) is 15.2 Å². The molecule has 5 rings (SSSR count). The standard InChI is InChI=1S/C32H25Br2Cl2N3O4/c1-19-3-4-20(2)39(19)24-7-9-25(10-8-24)41-18-26-11-12-30(43-26)32(40)38-37-16-21-13-27(33)31(28(34)14-21)42-17-22-5-6-23(35)15-29(22)36/h3-16H,17-18H2,1-2H3,(H,38,40)/b37-16+. The van der Waals surface area contributed by atoms with Gasteiger partial charge < -0.3 is 18.5 Å². The minimum absolute atomic E-state index is 0.122. The molecule has 2 aromatic heterocycles. The normalized spacial score (nSPS) is 11.2. The Morgan fingerprint density at radius 3 is 2.28 bits per heavy atom. The highest BCUT2D eigenvalue weighted by Gasteiger charge is 2.13. The summed E-state index contributed by atoms with van der Waals surface area (Å²) in [6, 6.07) is 24.1. The summed E-state index contributed by atoms with van der Waals surface area (Å²) in [6.45, 7) is 4.58. The van der Waals surface area contributed by atoms with E-state index in [-0.39, 0.29) is 19.0 Å². The molecule has 1 amide bonds. The molecule has 0 aliphatic carbocycles. The van der Waals surface area contributed by atoms with Crippen LogP contribution >= 0.6 is 55.1 Å². The summed E-state index contributed by atoms with van der Waals surface area (Å²) in [5.41, 5.74) is 7.40. The van der Waals surface area contributed by atoms with Gasteiger partial charge in [-0.15, -0.1) is 0 Å². The SMILES string of the molecule is Cc1ccc(C)n1-c1ccc(OCc2ccc(C(=O)N/N=C/c3cc(Br)c(OCc4ccc(Cl)cc4Cl)c(Br)c3)o2)cc1. The molecule has 0 unspecified atom stereocenters. The van der Waals surface area contributed by atoms with E-state index < -0.39 is 5.91 Å². The van der Waals surface area contributed by atoms with Crippen molar-refractivity contribution in [1.29, 1.82) is 0 Å². The molecule has 0 fully saturated rings. The van der Waals surface area contributed by atoms with Gasteiger partial charge in [-0.2, -0.15) is 5.10 Å². The number of nitrogens with zero attached hydrogens (tertiary/aromatic N) is 2. The van der Waals surface area contributed by atoms with Crippen LogP contribution in [0.2, 0.25) is 10.0 Å². The third kappa shape index (κ3) is 7.72. The molecule has 1 N–H and O–H groups in total. The molecular weight excluding hydrogens is 721 g/mol. The van der Waals surface area contributed by atoms with Gasteiger partial charge in [-0.1, -0.05) is 29.3 Å². The van der Waals surface area contributed by atoms with Crippen molar-refractivity contribution in [3.05, 3.63) is 132 Å². The van der Waals surface area contributed by atoms with Gasteiger partial charge in [0, 0.05) is 32.7 Å². The zero-order valence-electron chi connectivity index (χ0n) is 23.0. The molecule has 0 radical (unpaired) electrons. The second-order valence-corrected chi connectivity index (χ2v) is 12.1. The Morgan fingerprint density at radius 1 is 0.907 bits per heavy atom. The first-order chi connectivity index (χ1) is 20.7. The lowest BCUT2D eigenvalue weighted by Crippen LogP contribution is -2.16. The van der Waals surface area contributed by atoms with Crippen LogP contribution in [-0.2, 0) is 13.2 Å². The van der Waals surface area contributed by atoms with Gasteiger partial charge >= 0.3 is 5.91 Å². The molecule has 5 aromatic rings. The van der Waals surface area contributed by atoms with Crippen LogP contribution in [0.5, 0.6) is 11.5 Å². The van der Waals surface area contributed by atoms with Crippen LogP contribution in [0.3, 0.4) is 0 Å². The lowest BCUT2D eigenvalue weighted by molar-refractivity contribution is 0.0923.